The maximum atomic E-state index is 13.0. The molecule has 0 fully saturated rings. The number of rotatable bonds is 6. The van der Waals surface area contributed by atoms with Crippen molar-refractivity contribution < 1.29 is 19.0 Å². The molecule has 1 aromatic rings. The molecule has 1 amide bonds. The molecule has 0 saturated heterocycles. The van der Waals surface area contributed by atoms with Gasteiger partial charge < -0.3 is 15.2 Å². The van der Waals surface area contributed by atoms with Gasteiger partial charge in [-0.3, -0.25) is 4.79 Å². The van der Waals surface area contributed by atoms with Gasteiger partial charge in [0, 0.05) is 12.7 Å². The highest BCUT2D eigenvalue weighted by Crippen LogP contribution is 2.01. The maximum absolute atomic E-state index is 13.0. The number of hydrogen-bond acceptors (Lipinski definition) is 4. The molecule has 0 unspecified atom stereocenters. The number of aliphatic hydroxyl groups is 1. The van der Waals surface area contributed by atoms with Crippen LogP contribution in [0.3, 0.4) is 0 Å². The van der Waals surface area contributed by atoms with Crippen molar-refractivity contribution in [2.75, 3.05) is 26.4 Å². The van der Waals surface area contributed by atoms with Crippen molar-refractivity contribution in [3.8, 4) is 0 Å². The van der Waals surface area contributed by atoms with E-state index in [9.17, 15) is 9.18 Å². The third kappa shape index (κ3) is 3.92. The van der Waals surface area contributed by atoms with Gasteiger partial charge in [-0.15, -0.1) is 0 Å². The smallest absolute Gasteiger partial charge is 0.256 e. The molecule has 0 radical (unpaired) electrons. The Morgan fingerprint density at radius 3 is 3.06 bits per heavy atom. The third-order valence-corrected chi connectivity index (χ3v) is 1.77. The molecule has 0 bridgehead atoms. The largest absolute Gasteiger partial charge is 0.394 e. The zero-order chi connectivity index (χ0) is 11.8. The van der Waals surface area contributed by atoms with Crippen LogP contribution in [-0.2, 0) is 4.74 Å². The second kappa shape index (κ2) is 6.86. The second-order valence-corrected chi connectivity index (χ2v) is 2.93. The second-order valence-electron chi connectivity index (χ2n) is 2.93. The molecule has 6 heteroatoms. The molecule has 0 atom stereocenters. The lowest BCUT2D eigenvalue weighted by atomic mass is 10.2. The van der Waals surface area contributed by atoms with E-state index < -0.39 is 11.9 Å². The van der Waals surface area contributed by atoms with Gasteiger partial charge in [0.2, 0.25) is 5.95 Å². The molecule has 2 N–H and O–H groups in total. The fourth-order valence-electron chi connectivity index (χ4n) is 1.05. The lowest BCUT2D eigenvalue weighted by Gasteiger charge is -2.05. The molecule has 1 aromatic heterocycles. The summed E-state index contributed by atoms with van der Waals surface area (Å²) in [7, 11) is 0. The number of nitrogens with one attached hydrogen (secondary N) is 1. The van der Waals surface area contributed by atoms with Crippen molar-refractivity contribution in [1.29, 1.82) is 0 Å². The number of pyridine rings is 1. The summed E-state index contributed by atoms with van der Waals surface area (Å²) >= 11 is 0. The molecule has 0 aliphatic rings. The highest BCUT2D eigenvalue weighted by atomic mass is 19.1. The Bertz CT molecular complexity index is 347. The summed E-state index contributed by atoms with van der Waals surface area (Å²) < 4.78 is 18.0. The summed E-state index contributed by atoms with van der Waals surface area (Å²) in [5, 5.41) is 10.9. The highest BCUT2D eigenvalue weighted by Gasteiger charge is 2.10. The molecule has 0 aromatic carbocycles. The predicted octanol–water partition coefficient (Wildman–Crippen LogP) is -0.0406. The minimum Gasteiger partial charge on any atom is -0.394 e. The van der Waals surface area contributed by atoms with Crippen LogP contribution in [0.1, 0.15) is 10.4 Å². The van der Waals surface area contributed by atoms with Crippen LogP contribution in [0.4, 0.5) is 4.39 Å². The van der Waals surface area contributed by atoms with Crippen LogP contribution in [-0.4, -0.2) is 42.4 Å². The Morgan fingerprint density at radius 1 is 1.56 bits per heavy atom. The van der Waals surface area contributed by atoms with Gasteiger partial charge in [0.15, 0.2) is 0 Å². The van der Waals surface area contributed by atoms with Crippen LogP contribution in [0, 0.1) is 5.95 Å². The minimum absolute atomic E-state index is 0.0643. The van der Waals surface area contributed by atoms with Crippen molar-refractivity contribution in [2.24, 2.45) is 0 Å². The molecular weight excluding hydrogens is 215 g/mol. The zero-order valence-electron chi connectivity index (χ0n) is 8.65. The van der Waals surface area contributed by atoms with Crippen LogP contribution in [0.25, 0.3) is 0 Å². The maximum Gasteiger partial charge on any atom is 0.256 e. The fourth-order valence-corrected chi connectivity index (χ4v) is 1.05. The average molecular weight is 228 g/mol. The van der Waals surface area contributed by atoms with E-state index >= 15 is 0 Å². The Morgan fingerprint density at radius 2 is 2.38 bits per heavy atom. The van der Waals surface area contributed by atoms with Crippen LogP contribution >= 0.6 is 0 Å². The van der Waals surface area contributed by atoms with Gasteiger partial charge >= 0.3 is 0 Å². The number of halogens is 1. The molecule has 1 rings (SSSR count). The molecular formula is C10H13FN2O3. The van der Waals surface area contributed by atoms with Gasteiger partial charge in [0.05, 0.1) is 25.4 Å². The number of amides is 1. The van der Waals surface area contributed by atoms with E-state index in [0.29, 0.717) is 0 Å². The van der Waals surface area contributed by atoms with Crippen LogP contribution in [0.2, 0.25) is 0 Å². The average Bonchev–Trinajstić information content (AvgIpc) is 2.29. The molecule has 16 heavy (non-hydrogen) atoms. The summed E-state index contributed by atoms with van der Waals surface area (Å²) in [6.45, 7) is 0.684. The van der Waals surface area contributed by atoms with Gasteiger partial charge in [-0.25, -0.2) is 4.98 Å². The van der Waals surface area contributed by atoms with E-state index in [2.05, 4.69) is 10.3 Å². The quantitative estimate of drug-likeness (QED) is 0.529. The van der Waals surface area contributed by atoms with E-state index in [-0.39, 0.29) is 31.9 Å². The summed E-state index contributed by atoms with van der Waals surface area (Å²) in [5.74, 6) is -1.32. The van der Waals surface area contributed by atoms with Crippen LogP contribution in [0.5, 0.6) is 0 Å². The van der Waals surface area contributed by atoms with Gasteiger partial charge in [0.1, 0.15) is 0 Å². The van der Waals surface area contributed by atoms with Gasteiger partial charge in [-0.05, 0) is 12.1 Å². The standard InChI is InChI=1S/C10H13FN2O3/c11-9-8(2-1-3-12-9)10(15)13-4-6-16-7-5-14/h1-3,14H,4-7H2,(H,13,15). The Balaban J connectivity index is 2.33. The van der Waals surface area contributed by atoms with Gasteiger partial charge in [-0.2, -0.15) is 4.39 Å². The van der Waals surface area contributed by atoms with Gasteiger partial charge in [0.25, 0.3) is 5.91 Å². The Hall–Kier alpha value is -1.53. The first-order valence-electron chi connectivity index (χ1n) is 4.83. The summed E-state index contributed by atoms with van der Waals surface area (Å²) in [4.78, 5) is 14.8. The predicted molar refractivity (Wildman–Crippen MR) is 54.4 cm³/mol. The van der Waals surface area contributed by atoms with E-state index in [1.807, 2.05) is 0 Å². The van der Waals surface area contributed by atoms with Crippen molar-refractivity contribution in [3.05, 3.63) is 29.8 Å². The first-order valence-corrected chi connectivity index (χ1v) is 4.83. The summed E-state index contributed by atoms with van der Waals surface area (Å²) in [5.41, 5.74) is -0.0929. The van der Waals surface area contributed by atoms with Crippen molar-refractivity contribution in [2.45, 2.75) is 0 Å². The van der Waals surface area contributed by atoms with Crippen molar-refractivity contribution >= 4 is 5.91 Å². The van der Waals surface area contributed by atoms with Crippen LogP contribution in [0.15, 0.2) is 18.3 Å². The summed E-state index contributed by atoms with van der Waals surface area (Å²) in [6.07, 6.45) is 1.27. The number of hydrogen-bond donors (Lipinski definition) is 2. The molecule has 1 heterocycles. The summed E-state index contributed by atoms with van der Waals surface area (Å²) in [6, 6.07) is 2.84. The number of aliphatic hydroxyl groups excluding tert-OH is 1. The molecule has 0 spiro atoms. The van der Waals surface area contributed by atoms with E-state index in [0.717, 1.165) is 0 Å². The monoisotopic (exact) mass is 228 g/mol. The zero-order valence-corrected chi connectivity index (χ0v) is 8.65. The number of aromatic nitrogens is 1. The minimum atomic E-state index is -0.795. The van der Waals surface area contributed by atoms with Crippen molar-refractivity contribution in [3.63, 3.8) is 0 Å². The molecule has 5 nitrogen and oxygen atoms in total. The lowest BCUT2D eigenvalue weighted by molar-refractivity contribution is 0.0835. The lowest BCUT2D eigenvalue weighted by Crippen LogP contribution is -2.28. The van der Waals surface area contributed by atoms with E-state index in [4.69, 9.17) is 9.84 Å². The number of carbonyl (C=O) groups excluding carboxylic acids is 1. The normalized spacial score (nSPS) is 10.1. The molecule has 0 aliphatic carbocycles. The topological polar surface area (TPSA) is 71.5 Å². The third-order valence-electron chi connectivity index (χ3n) is 1.77. The molecule has 88 valence electrons. The fraction of sp³-hybridized carbons (Fsp3) is 0.400. The number of ether oxygens (including phenoxy) is 1. The molecule has 0 saturated carbocycles. The van der Waals surface area contributed by atoms with E-state index in [1.165, 1.54) is 18.3 Å². The SMILES string of the molecule is O=C(NCCOCCO)c1cccnc1F. The highest BCUT2D eigenvalue weighted by molar-refractivity contribution is 5.94. The Kier molecular flexibility index (Phi) is 5.38. The van der Waals surface area contributed by atoms with Crippen LogP contribution < -0.4 is 5.32 Å². The van der Waals surface area contributed by atoms with Gasteiger partial charge in [-0.1, -0.05) is 0 Å². The number of carbonyl (C=O) groups is 1. The molecule has 0 aliphatic heterocycles. The first kappa shape index (κ1) is 12.5. The number of nitrogens with zero attached hydrogens (tertiary/aromatic N) is 1. The van der Waals surface area contributed by atoms with E-state index in [1.54, 1.807) is 0 Å². The van der Waals surface area contributed by atoms with Crippen molar-refractivity contribution in [1.82, 2.24) is 10.3 Å². The first-order chi connectivity index (χ1) is 7.75. The Labute approximate surface area is 92.3 Å².